The molecule has 0 unspecified atom stereocenters. The third kappa shape index (κ3) is 3.76. The van der Waals surface area contributed by atoms with Crippen LogP contribution in [0.1, 0.15) is 12.5 Å². The highest BCUT2D eigenvalue weighted by molar-refractivity contribution is 5.47. The van der Waals surface area contributed by atoms with Crippen molar-refractivity contribution in [1.82, 2.24) is 0 Å². The molecule has 110 valence electrons. The zero-order chi connectivity index (χ0) is 15.4. The van der Waals surface area contributed by atoms with Crippen LogP contribution in [0.3, 0.4) is 0 Å². The number of alkyl halides is 5. The van der Waals surface area contributed by atoms with Gasteiger partial charge in [0.15, 0.2) is 18.1 Å². The number of benzene rings is 1. The van der Waals surface area contributed by atoms with E-state index in [1.165, 1.54) is 18.2 Å². The molecule has 0 spiro atoms. The summed E-state index contributed by atoms with van der Waals surface area (Å²) in [5, 5.41) is 0. The van der Waals surface area contributed by atoms with Crippen molar-refractivity contribution in [3.63, 3.8) is 0 Å². The van der Waals surface area contributed by atoms with Crippen LogP contribution >= 0.6 is 0 Å². The summed E-state index contributed by atoms with van der Waals surface area (Å²) in [5.41, 5.74) is 0.392. The zero-order valence-corrected chi connectivity index (χ0v) is 10.4. The summed E-state index contributed by atoms with van der Waals surface area (Å²) < 4.78 is 71.2. The fourth-order valence-corrected chi connectivity index (χ4v) is 1.24. The summed E-state index contributed by atoms with van der Waals surface area (Å²) in [5.74, 6) is -2.87. The molecule has 0 saturated heterocycles. The molecule has 0 aromatic heterocycles. The maximum Gasteiger partial charge on any atom is 0.456 e. The van der Waals surface area contributed by atoms with Gasteiger partial charge in [-0.1, -0.05) is 5.92 Å². The standard InChI is InChI=1S/C13H11F5O2/c1-3-9-5-6-10(11(7-9)19-4-2)20-8-12(14,15)13(16,17)18/h1,5-7H,4,8H2,2H3. The van der Waals surface area contributed by atoms with Gasteiger partial charge in [-0.2, -0.15) is 22.0 Å². The summed E-state index contributed by atoms with van der Waals surface area (Å²) in [6.45, 7) is -0.0251. The average Bonchev–Trinajstić information content (AvgIpc) is 2.36. The van der Waals surface area contributed by atoms with Crippen molar-refractivity contribution >= 4 is 0 Å². The minimum absolute atomic E-state index is 0.0147. The van der Waals surface area contributed by atoms with E-state index < -0.39 is 18.7 Å². The molecule has 2 nitrogen and oxygen atoms in total. The van der Waals surface area contributed by atoms with Gasteiger partial charge in [0.05, 0.1) is 6.61 Å². The van der Waals surface area contributed by atoms with E-state index in [1.54, 1.807) is 6.92 Å². The third-order valence-corrected chi connectivity index (χ3v) is 2.23. The normalized spacial score (nSPS) is 11.8. The summed E-state index contributed by atoms with van der Waals surface area (Å²) in [4.78, 5) is 0. The number of terminal acetylenes is 1. The van der Waals surface area contributed by atoms with Crippen LogP contribution in [0.15, 0.2) is 18.2 Å². The Labute approximate surface area is 112 Å². The Morgan fingerprint density at radius 3 is 2.25 bits per heavy atom. The Bertz CT molecular complexity index is 502. The maximum atomic E-state index is 12.8. The summed E-state index contributed by atoms with van der Waals surface area (Å²) in [6, 6.07) is 3.86. The molecule has 0 aliphatic heterocycles. The molecule has 7 heteroatoms. The molecule has 1 aromatic carbocycles. The van der Waals surface area contributed by atoms with Gasteiger partial charge in [-0.25, -0.2) is 0 Å². The maximum absolute atomic E-state index is 12.8. The molecule has 0 radical (unpaired) electrons. The third-order valence-electron chi connectivity index (χ3n) is 2.23. The van der Waals surface area contributed by atoms with Crippen molar-refractivity contribution in [3.8, 4) is 23.8 Å². The quantitative estimate of drug-likeness (QED) is 0.609. The summed E-state index contributed by atoms with van der Waals surface area (Å²) in [7, 11) is 0. The molecule has 0 heterocycles. The predicted molar refractivity (Wildman–Crippen MR) is 62.0 cm³/mol. The second kappa shape index (κ2) is 5.99. The number of hydrogen-bond acceptors (Lipinski definition) is 2. The summed E-state index contributed by atoms with van der Waals surface area (Å²) in [6.07, 6.45) is -0.519. The van der Waals surface area contributed by atoms with Crippen LogP contribution in [0.4, 0.5) is 22.0 Å². The smallest absolute Gasteiger partial charge is 0.456 e. The Kier molecular flexibility index (Phi) is 4.82. The van der Waals surface area contributed by atoms with Crippen LogP contribution in [0, 0.1) is 12.3 Å². The second-order valence-corrected chi connectivity index (χ2v) is 3.73. The molecule has 0 N–H and O–H groups in total. The minimum Gasteiger partial charge on any atom is -0.490 e. The molecule has 0 amide bonds. The van der Waals surface area contributed by atoms with Crippen molar-refractivity contribution in [2.24, 2.45) is 0 Å². The first kappa shape index (κ1) is 16.1. The fraction of sp³-hybridized carbons (Fsp3) is 0.385. The molecular weight excluding hydrogens is 283 g/mol. The van der Waals surface area contributed by atoms with Gasteiger partial charge in [0.1, 0.15) is 0 Å². The van der Waals surface area contributed by atoms with Crippen molar-refractivity contribution in [1.29, 1.82) is 0 Å². The van der Waals surface area contributed by atoms with Gasteiger partial charge in [0.25, 0.3) is 0 Å². The highest BCUT2D eigenvalue weighted by atomic mass is 19.4. The van der Waals surface area contributed by atoms with E-state index >= 15 is 0 Å². The van der Waals surface area contributed by atoms with Crippen LogP contribution in [-0.2, 0) is 0 Å². The average molecular weight is 294 g/mol. The van der Waals surface area contributed by atoms with Crippen molar-refractivity contribution in [3.05, 3.63) is 23.8 Å². The van der Waals surface area contributed by atoms with Gasteiger partial charge in [0, 0.05) is 5.56 Å². The van der Waals surface area contributed by atoms with E-state index in [2.05, 4.69) is 10.7 Å². The van der Waals surface area contributed by atoms with Crippen molar-refractivity contribution in [2.75, 3.05) is 13.2 Å². The predicted octanol–water partition coefficient (Wildman–Crippen LogP) is 3.64. The lowest BCUT2D eigenvalue weighted by Crippen LogP contribution is -2.41. The lowest BCUT2D eigenvalue weighted by atomic mass is 10.2. The molecule has 0 aliphatic carbocycles. The van der Waals surface area contributed by atoms with Crippen molar-refractivity contribution in [2.45, 2.75) is 19.0 Å². The number of hydrogen-bond donors (Lipinski definition) is 0. The van der Waals surface area contributed by atoms with E-state index in [4.69, 9.17) is 11.2 Å². The molecule has 0 bridgehead atoms. The topological polar surface area (TPSA) is 18.5 Å². The molecule has 0 saturated carbocycles. The van der Waals surface area contributed by atoms with Crippen LogP contribution in [0.2, 0.25) is 0 Å². The van der Waals surface area contributed by atoms with Gasteiger partial charge < -0.3 is 9.47 Å². The van der Waals surface area contributed by atoms with Crippen LogP contribution in [-0.4, -0.2) is 25.3 Å². The zero-order valence-electron chi connectivity index (χ0n) is 10.4. The van der Waals surface area contributed by atoms with Crippen LogP contribution in [0.25, 0.3) is 0 Å². The SMILES string of the molecule is C#Cc1ccc(OCC(F)(F)C(F)(F)F)c(OCC)c1. The van der Waals surface area contributed by atoms with E-state index in [0.29, 0.717) is 5.56 Å². The second-order valence-electron chi connectivity index (χ2n) is 3.73. The number of rotatable bonds is 5. The first-order valence-electron chi connectivity index (χ1n) is 5.52. The van der Waals surface area contributed by atoms with E-state index in [9.17, 15) is 22.0 Å². The first-order chi connectivity index (χ1) is 9.21. The Morgan fingerprint density at radius 2 is 1.75 bits per heavy atom. The van der Waals surface area contributed by atoms with Gasteiger partial charge in [-0.15, -0.1) is 6.42 Å². The van der Waals surface area contributed by atoms with Gasteiger partial charge >= 0.3 is 12.1 Å². The highest BCUT2D eigenvalue weighted by Crippen LogP contribution is 2.37. The van der Waals surface area contributed by atoms with E-state index in [0.717, 1.165) is 0 Å². The molecule has 1 rings (SSSR count). The molecular formula is C13H11F5O2. The van der Waals surface area contributed by atoms with E-state index in [-0.39, 0.29) is 18.1 Å². The fourth-order valence-electron chi connectivity index (χ4n) is 1.24. The summed E-state index contributed by atoms with van der Waals surface area (Å²) >= 11 is 0. The lowest BCUT2D eigenvalue weighted by molar-refractivity contribution is -0.290. The number of ether oxygens (including phenoxy) is 2. The molecule has 1 aromatic rings. The lowest BCUT2D eigenvalue weighted by Gasteiger charge is -2.20. The molecule has 0 atom stereocenters. The van der Waals surface area contributed by atoms with Crippen LogP contribution in [0.5, 0.6) is 11.5 Å². The van der Waals surface area contributed by atoms with Gasteiger partial charge in [0.2, 0.25) is 0 Å². The molecule has 0 aliphatic rings. The Balaban J connectivity index is 2.90. The van der Waals surface area contributed by atoms with Gasteiger partial charge in [-0.05, 0) is 25.1 Å². The Morgan fingerprint density at radius 1 is 1.10 bits per heavy atom. The van der Waals surface area contributed by atoms with Gasteiger partial charge in [-0.3, -0.25) is 0 Å². The largest absolute Gasteiger partial charge is 0.490 e. The van der Waals surface area contributed by atoms with Crippen LogP contribution < -0.4 is 9.47 Å². The highest BCUT2D eigenvalue weighted by Gasteiger charge is 2.58. The number of halogens is 5. The van der Waals surface area contributed by atoms with E-state index in [1.807, 2.05) is 0 Å². The molecule has 20 heavy (non-hydrogen) atoms. The molecule has 0 fully saturated rings. The first-order valence-corrected chi connectivity index (χ1v) is 5.52. The Hall–Kier alpha value is -1.97. The monoisotopic (exact) mass is 294 g/mol. The minimum atomic E-state index is -5.67. The van der Waals surface area contributed by atoms with Crippen molar-refractivity contribution < 1.29 is 31.4 Å².